The molecule has 0 saturated carbocycles. The first-order chi connectivity index (χ1) is 8.75. The lowest BCUT2D eigenvalue weighted by Gasteiger charge is -2.25. The lowest BCUT2D eigenvalue weighted by molar-refractivity contribution is -0.118. The third kappa shape index (κ3) is 3.72. The molecule has 1 amide bonds. The van der Waals surface area contributed by atoms with Gasteiger partial charge in [-0.2, -0.15) is 0 Å². The van der Waals surface area contributed by atoms with Crippen molar-refractivity contribution in [2.45, 2.75) is 51.0 Å². The summed E-state index contributed by atoms with van der Waals surface area (Å²) >= 11 is 0. The maximum absolute atomic E-state index is 10.6. The largest absolute Gasteiger partial charge is 0.370 e. The predicted octanol–water partition coefficient (Wildman–Crippen LogP) is 2.24. The summed E-state index contributed by atoms with van der Waals surface area (Å²) in [4.78, 5) is 15.0. The Morgan fingerprint density at radius 1 is 1.44 bits per heavy atom. The molecule has 0 bridgehead atoms. The molecule has 0 aliphatic carbocycles. The Morgan fingerprint density at radius 2 is 2.33 bits per heavy atom. The highest BCUT2D eigenvalue weighted by molar-refractivity contribution is 5.73. The van der Waals surface area contributed by atoms with Crippen LogP contribution < -0.4 is 11.1 Å². The van der Waals surface area contributed by atoms with Gasteiger partial charge in [-0.05, 0) is 37.3 Å². The van der Waals surface area contributed by atoms with Gasteiger partial charge in [-0.15, -0.1) is 0 Å². The first-order valence-electron chi connectivity index (χ1n) is 6.74. The maximum atomic E-state index is 10.6. The highest BCUT2D eigenvalue weighted by atomic mass is 16.1. The fourth-order valence-corrected chi connectivity index (χ4v) is 2.45. The summed E-state index contributed by atoms with van der Waals surface area (Å²) in [5.74, 6) is 0.856. The molecule has 2 rings (SSSR count). The number of nitrogens with zero attached hydrogens (tertiary/aromatic N) is 1. The van der Waals surface area contributed by atoms with E-state index in [1.54, 1.807) is 0 Å². The molecular weight excluding hydrogens is 226 g/mol. The van der Waals surface area contributed by atoms with E-state index in [1.165, 1.54) is 12.0 Å². The number of nitrogens with two attached hydrogens (primary N) is 1. The summed E-state index contributed by atoms with van der Waals surface area (Å²) in [6.07, 6.45) is 8.93. The van der Waals surface area contributed by atoms with E-state index in [9.17, 15) is 4.79 Å². The van der Waals surface area contributed by atoms with Gasteiger partial charge in [0.2, 0.25) is 5.91 Å². The van der Waals surface area contributed by atoms with E-state index in [-0.39, 0.29) is 5.91 Å². The van der Waals surface area contributed by atoms with Crippen molar-refractivity contribution in [2.24, 2.45) is 5.73 Å². The molecule has 4 nitrogen and oxygen atoms in total. The molecule has 0 fully saturated rings. The Hall–Kier alpha value is -1.58. The second kappa shape index (κ2) is 6.38. The van der Waals surface area contributed by atoms with Crippen molar-refractivity contribution in [1.82, 2.24) is 4.98 Å². The average molecular weight is 247 g/mol. The minimum atomic E-state index is -0.191. The lowest BCUT2D eigenvalue weighted by Crippen LogP contribution is -2.26. The van der Waals surface area contributed by atoms with E-state index in [0.29, 0.717) is 12.5 Å². The van der Waals surface area contributed by atoms with E-state index in [1.807, 2.05) is 12.3 Å². The number of anilines is 1. The van der Waals surface area contributed by atoms with Crippen molar-refractivity contribution in [3.05, 3.63) is 23.9 Å². The quantitative estimate of drug-likeness (QED) is 0.757. The van der Waals surface area contributed by atoms with Crippen molar-refractivity contribution in [3.63, 3.8) is 0 Å². The monoisotopic (exact) mass is 247 g/mol. The number of unbranched alkanes of at least 4 members (excludes halogenated alkanes) is 2. The normalized spacial score (nSPS) is 17.9. The van der Waals surface area contributed by atoms with E-state index in [4.69, 9.17) is 5.73 Å². The van der Waals surface area contributed by atoms with E-state index in [0.717, 1.165) is 37.9 Å². The average Bonchev–Trinajstić information content (AvgIpc) is 2.38. The minimum Gasteiger partial charge on any atom is -0.370 e. The number of primary amides is 1. The molecule has 0 radical (unpaired) electrons. The lowest BCUT2D eigenvalue weighted by atomic mass is 9.96. The molecule has 98 valence electrons. The number of carbonyl (C=O) groups is 1. The molecule has 0 spiro atoms. The molecule has 0 aromatic carbocycles. The summed E-state index contributed by atoms with van der Waals surface area (Å²) in [6, 6.07) is 4.66. The predicted molar refractivity (Wildman–Crippen MR) is 72.2 cm³/mol. The summed E-state index contributed by atoms with van der Waals surface area (Å²) in [6.45, 7) is 0. The Labute approximate surface area is 108 Å². The molecule has 0 saturated heterocycles. The number of rotatable bonds is 6. The third-order valence-corrected chi connectivity index (χ3v) is 3.47. The zero-order valence-corrected chi connectivity index (χ0v) is 10.7. The summed E-state index contributed by atoms with van der Waals surface area (Å²) in [5.41, 5.74) is 6.43. The standard InChI is InChI=1S/C14H21N3O/c15-13(18)7-3-1-2-6-12-9-8-11-5-4-10-16-14(11)17-12/h4-5,10,12H,1-3,6-9H2,(H2,15,18)(H,16,17). The zero-order chi connectivity index (χ0) is 12.8. The van der Waals surface area contributed by atoms with Gasteiger partial charge in [0.15, 0.2) is 0 Å². The highest BCUT2D eigenvalue weighted by Gasteiger charge is 2.17. The molecule has 3 N–H and O–H groups in total. The number of hydrogen-bond acceptors (Lipinski definition) is 3. The van der Waals surface area contributed by atoms with Gasteiger partial charge in [0, 0.05) is 18.7 Å². The highest BCUT2D eigenvalue weighted by Crippen LogP contribution is 2.24. The van der Waals surface area contributed by atoms with Crippen molar-refractivity contribution >= 4 is 11.7 Å². The number of aromatic nitrogens is 1. The van der Waals surface area contributed by atoms with Crippen LogP contribution in [0.15, 0.2) is 18.3 Å². The van der Waals surface area contributed by atoms with Crippen molar-refractivity contribution in [1.29, 1.82) is 0 Å². The molecule has 1 aromatic rings. The van der Waals surface area contributed by atoms with Gasteiger partial charge in [0.05, 0.1) is 0 Å². The number of fused-ring (bicyclic) bond motifs is 1. The number of nitrogens with one attached hydrogen (secondary N) is 1. The first-order valence-corrected chi connectivity index (χ1v) is 6.74. The fraction of sp³-hybridized carbons (Fsp3) is 0.571. The maximum Gasteiger partial charge on any atom is 0.217 e. The SMILES string of the molecule is NC(=O)CCCCCC1CCc2cccnc2N1. The summed E-state index contributed by atoms with van der Waals surface area (Å²) in [5, 5.41) is 3.49. The summed E-state index contributed by atoms with van der Waals surface area (Å²) in [7, 11) is 0. The van der Waals surface area contributed by atoms with E-state index < -0.39 is 0 Å². The Bertz CT molecular complexity index is 406. The Balaban J connectivity index is 1.68. The second-order valence-corrected chi connectivity index (χ2v) is 4.96. The number of amides is 1. The van der Waals surface area contributed by atoms with Gasteiger partial charge in [-0.3, -0.25) is 4.79 Å². The third-order valence-electron chi connectivity index (χ3n) is 3.47. The molecule has 1 unspecified atom stereocenters. The molecule has 1 aromatic heterocycles. The van der Waals surface area contributed by atoms with Gasteiger partial charge in [-0.25, -0.2) is 4.98 Å². The number of pyridine rings is 1. The summed E-state index contributed by atoms with van der Waals surface area (Å²) < 4.78 is 0. The van der Waals surface area contributed by atoms with Crippen molar-refractivity contribution in [2.75, 3.05) is 5.32 Å². The molecule has 1 aliphatic heterocycles. The van der Waals surface area contributed by atoms with Crippen LogP contribution in [0.3, 0.4) is 0 Å². The van der Waals surface area contributed by atoms with E-state index >= 15 is 0 Å². The number of hydrogen-bond donors (Lipinski definition) is 2. The first kappa shape index (κ1) is 12.9. The Kier molecular flexibility index (Phi) is 4.56. The van der Waals surface area contributed by atoms with Crippen LogP contribution in [-0.2, 0) is 11.2 Å². The van der Waals surface area contributed by atoms with Crippen LogP contribution in [0.25, 0.3) is 0 Å². The molecule has 18 heavy (non-hydrogen) atoms. The van der Waals surface area contributed by atoms with Crippen LogP contribution in [0.2, 0.25) is 0 Å². The van der Waals surface area contributed by atoms with Crippen LogP contribution in [-0.4, -0.2) is 16.9 Å². The van der Waals surface area contributed by atoms with Gasteiger partial charge in [0.25, 0.3) is 0 Å². The van der Waals surface area contributed by atoms with Gasteiger partial charge < -0.3 is 11.1 Å². The van der Waals surface area contributed by atoms with Crippen LogP contribution in [0.5, 0.6) is 0 Å². The van der Waals surface area contributed by atoms with Gasteiger partial charge in [-0.1, -0.05) is 18.9 Å². The Morgan fingerprint density at radius 3 is 3.17 bits per heavy atom. The molecule has 2 heterocycles. The van der Waals surface area contributed by atoms with Crippen LogP contribution in [0.1, 0.15) is 44.1 Å². The van der Waals surface area contributed by atoms with Crippen molar-refractivity contribution < 1.29 is 4.79 Å². The second-order valence-electron chi connectivity index (χ2n) is 4.96. The van der Waals surface area contributed by atoms with Crippen molar-refractivity contribution in [3.8, 4) is 0 Å². The van der Waals surface area contributed by atoms with Gasteiger partial charge in [0.1, 0.15) is 5.82 Å². The topological polar surface area (TPSA) is 68.0 Å². The molecule has 4 heteroatoms. The molecular formula is C14H21N3O. The molecule has 1 aliphatic rings. The smallest absolute Gasteiger partial charge is 0.217 e. The van der Waals surface area contributed by atoms with Crippen LogP contribution in [0.4, 0.5) is 5.82 Å². The minimum absolute atomic E-state index is 0.191. The van der Waals surface area contributed by atoms with Gasteiger partial charge >= 0.3 is 0 Å². The van der Waals surface area contributed by atoms with Crippen LogP contribution >= 0.6 is 0 Å². The van der Waals surface area contributed by atoms with Crippen LogP contribution in [0, 0.1) is 0 Å². The fourth-order valence-electron chi connectivity index (χ4n) is 2.45. The number of carbonyl (C=O) groups excluding carboxylic acids is 1. The van der Waals surface area contributed by atoms with E-state index in [2.05, 4.69) is 16.4 Å². The number of aryl methyl sites for hydroxylation is 1. The zero-order valence-electron chi connectivity index (χ0n) is 10.7. The molecule has 1 atom stereocenters.